The Kier molecular flexibility index (Phi) is 5.53. The van der Waals surface area contributed by atoms with Crippen molar-refractivity contribution in [2.75, 3.05) is 24.6 Å². The summed E-state index contributed by atoms with van der Waals surface area (Å²) in [7, 11) is 0. The largest absolute Gasteiger partial charge is 0.376 e. The SMILES string of the molecule is Cc1nc(N2CCC3(CC2)CO[C@@H](C)[C@H]3N)cc(=O)n1C1=C(F)C=CC(Cl)[C@@H]1Cl. The van der Waals surface area contributed by atoms with Gasteiger partial charge in [0.1, 0.15) is 17.5 Å². The first kappa shape index (κ1) is 20.8. The lowest BCUT2D eigenvalue weighted by Gasteiger charge is -2.41. The number of aromatic nitrogens is 2. The Morgan fingerprint density at radius 3 is 2.62 bits per heavy atom. The quantitative estimate of drug-likeness (QED) is 0.712. The topological polar surface area (TPSA) is 73.4 Å². The van der Waals surface area contributed by atoms with Crippen molar-refractivity contribution in [2.24, 2.45) is 11.1 Å². The van der Waals surface area contributed by atoms with Crippen molar-refractivity contribution < 1.29 is 9.13 Å². The van der Waals surface area contributed by atoms with Crippen molar-refractivity contribution in [1.82, 2.24) is 9.55 Å². The van der Waals surface area contributed by atoms with E-state index >= 15 is 0 Å². The lowest BCUT2D eigenvalue weighted by molar-refractivity contribution is 0.0974. The maximum Gasteiger partial charge on any atom is 0.260 e. The van der Waals surface area contributed by atoms with Crippen molar-refractivity contribution in [3.8, 4) is 0 Å². The first-order valence-electron chi connectivity index (χ1n) is 9.83. The highest BCUT2D eigenvalue weighted by Gasteiger charge is 2.47. The van der Waals surface area contributed by atoms with Gasteiger partial charge in [-0.15, -0.1) is 23.2 Å². The Morgan fingerprint density at radius 1 is 1.34 bits per heavy atom. The van der Waals surface area contributed by atoms with Crippen LogP contribution in [0.3, 0.4) is 0 Å². The fourth-order valence-corrected chi connectivity index (χ4v) is 5.04. The molecule has 2 aliphatic heterocycles. The molecule has 2 saturated heterocycles. The molecule has 1 spiro atoms. The lowest BCUT2D eigenvalue weighted by atomic mass is 9.73. The minimum Gasteiger partial charge on any atom is -0.376 e. The number of piperidine rings is 1. The summed E-state index contributed by atoms with van der Waals surface area (Å²) in [5.74, 6) is 0.378. The smallest absolute Gasteiger partial charge is 0.260 e. The van der Waals surface area contributed by atoms with Crippen molar-refractivity contribution in [3.63, 3.8) is 0 Å². The van der Waals surface area contributed by atoms with Crippen LogP contribution in [-0.4, -0.2) is 52.1 Å². The zero-order valence-electron chi connectivity index (χ0n) is 16.4. The van der Waals surface area contributed by atoms with Crippen LogP contribution in [-0.2, 0) is 4.74 Å². The third-order valence-corrected chi connectivity index (χ3v) is 7.46. The Bertz CT molecular complexity index is 924. The summed E-state index contributed by atoms with van der Waals surface area (Å²) in [6.45, 7) is 5.84. The van der Waals surface area contributed by atoms with Crippen LogP contribution in [0.1, 0.15) is 25.6 Å². The Balaban J connectivity index is 1.59. The van der Waals surface area contributed by atoms with E-state index in [1.54, 1.807) is 6.92 Å². The number of nitrogens with zero attached hydrogens (tertiary/aromatic N) is 3. The number of hydrogen-bond donors (Lipinski definition) is 1. The first-order valence-corrected chi connectivity index (χ1v) is 10.7. The molecule has 2 N–H and O–H groups in total. The number of ether oxygens (including phenoxy) is 1. The average molecular weight is 443 g/mol. The van der Waals surface area contributed by atoms with Gasteiger partial charge < -0.3 is 15.4 Å². The molecular formula is C20H25Cl2FN4O2. The molecule has 0 amide bonds. The summed E-state index contributed by atoms with van der Waals surface area (Å²) in [5.41, 5.74) is 6.03. The molecule has 1 aromatic heterocycles. The molecule has 2 fully saturated rings. The van der Waals surface area contributed by atoms with Gasteiger partial charge in [-0.1, -0.05) is 6.08 Å². The zero-order valence-corrected chi connectivity index (χ0v) is 18.0. The third kappa shape index (κ3) is 3.52. The number of aryl methyl sites for hydroxylation is 1. The summed E-state index contributed by atoms with van der Waals surface area (Å²) in [6.07, 6.45) is 4.54. The fraction of sp³-hybridized carbons (Fsp3) is 0.600. The second-order valence-electron chi connectivity index (χ2n) is 8.17. The van der Waals surface area contributed by atoms with Crippen LogP contribution in [0.25, 0.3) is 5.70 Å². The number of rotatable bonds is 2. The third-order valence-electron chi connectivity index (χ3n) is 6.46. The van der Waals surface area contributed by atoms with Gasteiger partial charge in [-0.3, -0.25) is 9.36 Å². The van der Waals surface area contributed by atoms with Crippen molar-refractivity contribution in [1.29, 1.82) is 0 Å². The fourth-order valence-electron chi connectivity index (χ4n) is 4.56. The Labute approximate surface area is 179 Å². The highest BCUT2D eigenvalue weighted by molar-refractivity contribution is 6.34. The van der Waals surface area contributed by atoms with Crippen molar-refractivity contribution in [3.05, 3.63) is 40.2 Å². The number of halogens is 3. The zero-order chi connectivity index (χ0) is 20.9. The molecule has 4 atom stereocenters. The van der Waals surface area contributed by atoms with Gasteiger partial charge in [0, 0.05) is 30.6 Å². The van der Waals surface area contributed by atoms with Crippen LogP contribution in [0.2, 0.25) is 0 Å². The van der Waals surface area contributed by atoms with E-state index in [0.717, 1.165) is 25.9 Å². The molecule has 6 nitrogen and oxygen atoms in total. The molecule has 3 aliphatic rings. The van der Waals surface area contributed by atoms with Gasteiger partial charge in [-0.25, -0.2) is 9.37 Å². The van der Waals surface area contributed by atoms with Gasteiger partial charge >= 0.3 is 0 Å². The number of hydrogen-bond acceptors (Lipinski definition) is 5. The van der Waals surface area contributed by atoms with Crippen LogP contribution in [0.4, 0.5) is 10.2 Å². The highest BCUT2D eigenvalue weighted by atomic mass is 35.5. The molecule has 0 saturated carbocycles. The molecule has 1 aromatic rings. The highest BCUT2D eigenvalue weighted by Crippen LogP contribution is 2.41. The summed E-state index contributed by atoms with van der Waals surface area (Å²) in [5, 5.41) is -1.46. The molecule has 158 valence electrons. The van der Waals surface area contributed by atoms with E-state index < -0.39 is 16.6 Å². The summed E-state index contributed by atoms with van der Waals surface area (Å²) >= 11 is 12.4. The minimum absolute atomic E-state index is 0.0104. The number of anilines is 1. The van der Waals surface area contributed by atoms with E-state index in [2.05, 4.69) is 9.88 Å². The van der Waals surface area contributed by atoms with E-state index in [-0.39, 0.29) is 28.8 Å². The summed E-state index contributed by atoms with van der Waals surface area (Å²) < 4.78 is 21.4. The molecule has 29 heavy (non-hydrogen) atoms. The standard InChI is InChI=1S/C20H25Cl2FN4O2/c1-11-19(24)20(10-29-11)5-7-26(8-6-20)15-9-16(28)27(12(2)25-15)18-14(23)4-3-13(21)17(18)22/h3-4,9,11,13,17,19H,5-8,10,24H2,1-2H3/t11-,13?,17-,19+/m0/s1. The summed E-state index contributed by atoms with van der Waals surface area (Å²) in [4.78, 5) is 19.5. The van der Waals surface area contributed by atoms with E-state index in [1.807, 2.05) is 6.92 Å². The molecule has 3 heterocycles. The monoisotopic (exact) mass is 442 g/mol. The molecular weight excluding hydrogens is 418 g/mol. The number of alkyl halides is 2. The van der Waals surface area contributed by atoms with Crippen LogP contribution in [0.15, 0.2) is 28.8 Å². The average Bonchev–Trinajstić information content (AvgIpc) is 2.96. The van der Waals surface area contributed by atoms with Gasteiger partial charge in [0.05, 0.1) is 29.2 Å². The van der Waals surface area contributed by atoms with Crippen LogP contribution < -0.4 is 16.2 Å². The van der Waals surface area contributed by atoms with E-state index in [1.165, 1.54) is 22.8 Å². The molecule has 1 aliphatic carbocycles. The van der Waals surface area contributed by atoms with E-state index in [0.29, 0.717) is 18.2 Å². The van der Waals surface area contributed by atoms with Gasteiger partial charge in [-0.2, -0.15) is 0 Å². The maximum atomic E-state index is 14.4. The molecule has 9 heteroatoms. The van der Waals surface area contributed by atoms with E-state index in [9.17, 15) is 9.18 Å². The first-order chi connectivity index (χ1) is 13.7. The lowest BCUT2D eigenvalue weighted by Crippen LogP contribution is -2.51. The van der Waals surface area contributed by atoms with Crippen LogP contribution in [0.5, 0.6) is 0 Å². The predicted octanol–water partition coefficient (Wildman–Crippen LogP) is 2.81. The van der Waals surface area contributed by atoms with Crippen LogP contribution >= 0.6 is 23.2 Å². The maximum absolute atomic E-state index is 14.4. The van der Waals surface area contributed by atoms with Crippen molar-refractivity contribution in [2.45, 2.75) is 49.6 Å². The molecule has 1 unspecified atom stereocenters. The van der Waals surface area contributed by atoms with Gasteiger partial charge in [0.25, 0.3) is 5.56 Å². The number of allylic oxidation sites excluding steroid dienone is 4. The van der Waals surface area contributed by atoms with E-state index in [4.69, 9.17) is 33.7 Å². The normalized spacial score (nSPS) is 31.7. The number of nitrogens with two attached hydrogens (primary N) is 1. The Morgan fingerprint density at radius 2 is 2.03 bits per heavy atom. The Hall–Kier alpha value is -1.41. The molecule has 0 aromatic carbocycles. The second kappa shape index (κ2) is 7.69. The van der Waals surface area contributed by atoms with Gasteiger partial charge in [0.2, 0.25) is 0 Å². The molecule has 0 radical (unpaired) electrons. The van der Waals surface area contributed by atoms with Gasteiger partial charge in [0.15, 0.2) is 0 Å². The molecule has 0 bridgehead atoms. The summed E-state index contributed by atoms with van der Waals surface area (Å²) in [6, 6.07) is 1.45. The minimum atomic E-state index is -0.855. The molecule has 4 rings (SSSR count). The predicted molar refractivity (Wildman–Crippen MR) is 113 cm³/mol. The van der Waals surface area contributed by atoms with Gasteiger partial charge in [-0.05, 0) is 32.8 Å². The van der Waals surface area contributed by atoms with Crippen LogP contribution in [0, 0.1) is 12.3 Å². The van der Waals surface area contributed by atoms with Crippen molar-refractivity contribution >= 4 is 34.7 Å². The second-order valence-corrected chi connectivity index (χ2v) is 9.14.